The van der Waals surface area contributed by atoms with E-state index in [1.807, 2.05) is 0 Å². The van der Waals surface area contributed by atoms with Crippen LogP contribution in [0.1, 0.15) is 34.1 Å². The second kappa shape index (κ2) is 8.69. The molecule has 0 saturated carbocycles. The predicted octanol–water partition coefficient (Wildman–Crippen LogP) is 4.39. The number of carbonyl (C=O) groups excluding carboxylic acids is 1. The van der Waals surface area contributed by atoms with E-state index in [-0.39, 0.29) is 24.4 Å². The summed E-state index contributed by atoms with van der Waals surface area (Å²) in [7, 11) is 0. The van der Waals surface area contributed by atoms with E-state index in [0.29, 0.717) is 17.1 Å². The molecule has 0 spiro atoms. The lowest BCUT2D eigenvalue weighted by Crippen LogP contribution is -2.36. The first-order chi connectivity index (χ1) is 10.7. The van der Waals surface area contributed by atoms with Crippen molar-refractivity contribution >= 4 is 41.3 Å². The van der Waals surface area contributed by atoms with E-state index >= 15 is 0 Å². The maximum Gasteiger partial charge on any atom is 0.251 e. The van der Waals surface area contributed by atoms with Crippen LogP contribution in [-0.4, -0.2) is 30.4 Å². The Morgan fingerprint density at radius 1 is 1.22 bits per heavy atom. The SMILES string of the molecule is Cl.O=C(NCC(c1cccs1)N1CCCC1)c1ccc(Cl)cc1. The third-order valence-corrected chi connectivity index (χ3v) is 5.24. The van der Waals surface area contributed by atoms with Crippen molar-refractivity contribution in [2.45, 2.75) is 18.9 Å². The van der Waals surface area contributed by atoms with E-state index in [1.54, 1.807) is 35.6 Å². The van der Waals surface area contributed by atoms with Gasteiger partial charge in [0.05, 0.1) is 6.04 Å². The molecule has 6 heteroatoms. The highest BCUT2D eigenvalue weighted by Gasteiger charge is 2.24. The molecule has 23 heavy (non-hydrogen) atoms. The van der Waals surface area contributed by atoms with Crippen molar-refractivity contribution in [2.24, 2.45) is 0 Å². The molecule has 2 aromatic rings. The highest BCUT2D eigenvalue weighted by Crippen LogP contribution is 2.27. The molecule has 1 aromatic carbocycles. The number of likely N-dealkylation sites (tertiary alicyclic amines) is 1. The first-order valence-corrected chi connectivity index (χ1v) is 8.81. The number of nitrogens with zero attached hydrogens (tertiary/aromatic N) is 1. The van der Waals surface area contributed by atoms with Gasteiger partial charge in [-0.25, -0.2) is 0 Å². The molecule has 1 aliphatic rings. The lowest BCUT2D eigenvalue weighted by atomic mass is 10.2. The van der Waals surface area contributed by atoms with E-state index in [0.717, 1.165) is 13.1 Å². The molecule has 1 amide bonds. The van der Waals surface area contributed by atoms with Gasteiger partial charge in [0.2, 0.25) is 0 Å². The van der Waals surface area contributed by atoms with Crippen LogP contribution in [0, 0.1) is 0 Å². The van der Waals surface area contributed by atoms with Crippen LogP contribution >= 0.6 is 35.3 Å². The number of nitrogens with one attached hydrogen (secondary N) is 1. The minimum absolute atomic E-state index is 0. The fraction of sp³-hybridized carbons (Fsp3) is 0.353. The maximum absolute atomic E-state index is 12.3. The Balaban J connectivity index is 0.00000192. The minimum Gasteiger partial charge on any atom is -0.350 e. The number of amides is 1. The van der Waals surface area contributed by atoms with Gasteiger partial charge >= 0.3 is 0 Å². The van der Waals surface area contributed by atoms with Gasteiger partial charge in [0, 0.05) is 22.0 Å². The van der Waals surface area contributed by atoms with Crippen LogP contribution in [0.15, 0.2) is 41.8 Å². The van der Waals surface area contributed by atoms with E-state index in [4.69, 9.17) is 11.6 Å². The Morgan fingerprint density at radius 2 is 1.91 bits per heavy atom. The van der Waals surface area contributed by atoms with Crippen molar-refractivity contribution in [2.75, 3.05) is 19.6 Å². The zero-order valence-corrected chi connectivity index (χ0v) is 15.1. The van der Waals surface area contributed by atoms with Crippen LogP contribution in [0.5, 0.6) is 0 Å². The van der Waals surface area contributed by atoms with Gasteiger partial charge in [0.1, 0.15) is 0 Å². The summed E-state index contributed by atoms with van der Waals surface area (Å²) in [5.41, 5.74) is 0.649. The Labute approximate surface area is 152 Å². The standard InChI is InChI=1S/C17H19ClN2OS.ClH/c18-14-7-5-13(6-8-14)17(21)19-12-15(16-4-3-11-22-16)20-9-1-2-10-20;/h3-8,11,15H,1-2,9-10,12H2,(H,19,21);1H. The first kappa shape index (κ1) is 18.3. The molecular formula is C17H20Cl2N2OS. The Hall–Kier alpha value is -1.07. The van der Waals surface area contributed by atoms with Crippen molar-refractivity contribution in [3.8, 4) is 0 Å². The number of hydrogen-bond donors (Lipinski definition) is 1. The molecule has 1 unspecified atom stereocenters. The quantitative estimate of drug-likeness (QED) is 0.846. The fourth-order valence-corrected chi connectivity index (χ4v) is 3.82. The summed E-state index contributed by atoms with van der Waals surface area (Å²) < 4.78 is 0. The fourth-order valence-electron chi connectivity index (χ4n) is 2.84. The average molecular weight is 371 g/mol. The van der Waals surface area contributed by atoms with Crippen LogP contribution in [0.4, 0.5) is 0 Å². The summed E-state index contributed by atoms with van der Waals surface area (Å²) in [5.74, 6) is -0.0441. The topological polar surface area (TPSA) is 32.3 Å². The van der Waals surface area contributed by atoms with Crippen molar-refractivity contribution in [3.05, 3.63) is 57.2 Å². The van der Waals surface area contributed by atoms with Crippen LogP contribution in [-0.2, 0) is 0 Å². The third-order valence-electron chi connectivity index (χ3n) is 4.02. The Kier molecular flexibility index (Phi) is 6.90. The van der Waals surface area contributed by atoms with E-state index in [2.05, 4.69) is 27.7 Å². The number of thiophene rings is 1. The summed E-state index contributed by atoms with van der Waals surface area (Å²) in [6.45, 7) is 2.86. The van der Waals surface area contributed by atoms with Gasteiger partial charge in [-0.2, -0.15) is 0 Å². The van der Waals surface area contributed by atoms with Gasteiger partial charge in [0.15, 0.2) is 0 Å². The van der Waals surface area contributed by atoms with E-state index < -0.39 is 0 Å². The van der Waals surface area contributed by atoms with Gasteiger partial charge in [-0.3, -0.25) is 9.69 Å². The molecule has 1 saturated heterocycles. The largest absolute Gasteiger partial charge is 0.350 e. The predicted molar refractivity (Wildman–Crippen MR) is 98.9 cm³/mol. The van der Waals surface area contributed by atoms with Crippen molar-refractivity contribution in [1.29, 1.82) is 0 Å². The van der Waals surface area contributed by atoms with E-state index in [9.17, 15) is 4.79 Å². The second-order valence-electron chi connectivity index (χ2n) is 5.49. The first-order valence-electron chi connectivity index (χ1n) is 7.55. The van der Waals surface area contributed by atoms with Crippen molar-refractivity contribution < 1.29 is 4.79 Å². The van der Waals surface area contributed by atoms with Gasteiger partial charge < -0.3 is 5.32 Å². The molecule has 0 aliphatic carbocycles. The summed E-state index contributed by atoms with van der Waals surface area (Å²) in [5, 5.41) is 5.81. The Morgan fingerprint density at radius 3 is 2.52 bits per heavy atom. The molecule has 1 aliphatic heterocycles. The van der Waals surface area contributed by atoms with Crippen LogP contribution in [0.3, 0.4) is 0 Å². The molecule has 0 bridgehead atoms. The number of halogens is 2. The number of rotatable bonds is 5. The van der Waals surface area contributed by atoms with Gasteiger partial charge in [-0.1, -0.05) is 17.7 Å². The molecule has 0 radical (unpaired) electrons. The van der Waals surface area contributed by atoms with Gasteiger partial charge in [-0.05, 0) is 61.6 Å². The van der Waals surface area contributed by atoms with Gasteiger partial charge in [-0.15, -0.1) is 23.7 Å². The lowest BCUT2D eigenvalue weighted by Gasteiger charge is -2.26. The highest BCUT2D eigenvalue weighted by molar-refractivity contribution is 7.10. The summed E-state index contributed by atoms with van der Waals surface area (Å²) in [6.07, 6.45) is 2.49. The monoisotopic (exact) mass is 370 g/mol. The summed E-state index contributed by atoms with van der Waals surface area (Å²) in [4.78, 5) is 16.1. The molecule has 3 nitrogen and oxygen atoms in total. The highest BCUT2D eigenvalue weighted by atomic mass is 35.5. The maximum atomic E-state index is 12.3. The number of hydrogen-bond acceptors (Lipinski definition) is 3. The van der Waals surface area contributed by atoms with Crippen LogP contribution in [0.2, 0.25) is 5.02 Å². The van der Waals surface area contributed by atoms with Crippen LogP contribution in [0.25, 0.3) is 0 Å². The molecule has 1 aromatic heterocycles. The van der Waals surface area contributed by atoms with Crippen molar-refractivity contribution in [3.63, 3.8) is 0 Å². The Bertz CT molecular complexity index is 610. The van der Waals surface area contributed by atoms with E-state index in [1.165, 1.54) is 17.7 Å². The van der Waals surface area contributed by atoms with Gasteiger partial charge in [0.25, 0.3) is 5.91 Å². The zero-order chi connectivity index (χ0) is 15.4. The molecular weight excluding hydrogens is 351 g/mol. The normalized spacial score (nSPS) is 15.9. The molecule has 1 fully saturated rings. The number of benzene rings is 1. The van der Waals surface area contributed by atoms with Crippen LogP contribution < -0.4 is 5.32 Å². The zero-order valence-electron chi connectivity index (χ0n) is 12.7. The second-order valence-corrected chi connectivity index (χ2v) is 6.91. The molecule has 1 N–H and O–H groups in total. The number of carbonyl (C=O) groups is 1. The molecule has 2 heterocycles. The minimum atomic E-state index is -0.0441. The average Bonchev–Trinajstić information content (AvgIpc) is 3.22. The third kappa shape index (κ3) is 4.70. The molecule has 1 atom stereocenters. The summed E-state index contributed by atoms with van der Waals surface area (Å²) in [6, 6.07) is 11.5. The molecule has 3 rings (SSSR count). The van der Waals surface area contributed by atoms with Crippen molar-refractivity contribution in [1.82, 2.24) is 10.2 Å². The summed E-state index contributed by atoms with van der Waals surface area (Å²) >= 11 is 7.62. The lowest BCUT2D eigenvalue weighted by molar-refractivity contribution is 0.0938. The molecule has 124 valence electrons. The smallest absolute Gasteiger partial charge is 0.251 e.